The molecule has 0 bridgehead atoms. The fourth-order valence-electron chi connectivity index (χ4n) is 3.65. The first-order valence-corrected chi connectivity index (χ1v) is 11.3. The van der Waals surface area contributed by atoms with Crippen LogP contribution in [-0.4, -0.2) is 75.5 Å². The van der Waals surface area contributed by atoms with E-state index in [0.29, 0.717) is 6.04 Å². The van der Waals surface area contributed by atoms with E-state index >= 15 is 0 Å². The molecular formula is C23H41IN4O2. The summed E-state index contributed by atoms with van der Waals surface area (Å²) in [5.74, 6) is 0.891. The molecule has 0 spiro atoms. The summed E-state index contributed by atoms with van der Waals surface area (Å²) in [5.41, 5.74) is 1.37. The maximum absolute atomic E-state index is 5.84. The van der Waals surface area contributed by atoms with Crippen LogP contribution in [0.2, 0.25) is 0 Å². The van der Waals surface area contributed by atoms with Crippen molar-refractivity contribution in [3.63, 3.8) is 0 Å². The van der Waals surface area contributed by atoms with Crippen LogP contribution in [0.25, 0.3) is 0 Å². The van der Waals surface area contributed by atoms with Crippen molar-refractivity contribution in [2.24, 2.45) is 4.99 Å². The summed E-state index contributed by atoms with van der Waals surface area (Å²) in [4.78, 5) is 7.39. The highest BCUT2D eigenvalue weighted by Crippen LogP contribution is 2.10. The van der Waals surface area contributed by atoms with Crippen LogP contribution in [0.5, 0.6) is 0 Å². The summed E-state index contributed by atoms with van der Waals surface area (Å²) >= 11 is 0. The smallest absolute Gasteiger partial charge is 0.191 e. The Balaban J connectivity index is 0.00000450. The SMILES string of the molecule is CCNC(=NCC(Cc1ccccc1)N(CC)CC)NCCCOC1CCOC1.I. The molecule has 2 unspecified atom stereocenters. The summed E-state index contributed by atoms with van der Waals surface area (Å²) in [7, 11) is 0. The molecular weight excluding hydrogens is 491 g/mol. The average molecular weight is 533 g/mol. The van der Waals surface area contributed by atoms with Gasteiger partial charge in [-0.25, -0.2) is 0 Å². The lowest BCUT2D eigenvalue weighted by Gasteiger charge is -2.29. The number of guanidine groups is 1. The van der Waals surface area contributed by atoms with Crippen molar-refractivity contribution in [2.75, 3.05) is 52.5 Å². The van der Waals surface area contributed by atoms with Crippen molar-refractivity contribution < 1.29 is 9.47 Å². The van der Waals surface area contributed by atoms with Crippen LogP contribution < -0.4 is 10.6 Å². The van der Waals surface area contributed by atoms with Crippen LogP contribution in [0.3, 0.4) is 0 Å². The van der Waals surface area contributed by atoms with E-state index in [1.165, 1.54) is 5.56 Å². The molecule has 0 aromatic heterocycles. The lowest BCUT2D eigenvalue weighted by molar-refractivity contribution is 0.0420. The fraction of sp³-hybridized carbons (Fsp3) is 0.696. The zero-order valence-electron chi connectivity index (χ0n) is 18.9. The monoisotopic (exact) mass is 532 g/mol. The molecule has 2 atom stereocenters. The molecule has 7 heteroatoms. The number of nitrogens with one attached hydrogen (secondary N) is 2. The normalized spacial score (nSPS) is 17.6. The van der Waals surface area contributed by atoms with Crippen molar-refractivity contribution in [2.45, 2.75) is 52.2 Å². The number of rotatable bonds is 13. The Morgan fingerprint density at radius 1 is 1.20 bits per heavy atom. The minimum absolute atomic E-state index is 0. The Hall–Kier alpha value is -0.900. The van der Waals surface area contributed by atoms with Crippen molar-refractivity contribution >= 4 is 29.9 Å². The number of ether oxygens (including phenoxy) is 2. The van der Waals surface area contributed by atoms with E-state index in [1.807, 2.05) is 0 Å². The van der Waals surface area contributed by atoms with E-state index in [0.717, 1.165) is 77.8 Å². The molecule has 1 aromatic carbocycles. The highest BCUT2D eigenvalue weighted by molar-refractivity contribution is 14.0. The maximum atomic E-state index is 5.84. The second-order valence-corrected chi connectivity index (χ2v) is 7.42. The molecule has 1 aliphatic rings. The van der Waals surface area contributed by atoms with Crippen molar-refractivity contribution in [1.82, 2.24) is 15.5 Å². The molecule has 0 saturated carbocycles. The molecule has 172 valence electrons. The van der Waals surface area contributed by atoms with Gasteiger partial charge in [0.15, 0.2) is 5.96 Å². The number of aliphatic imine (C=N–C) groups is 1. The molecule has 0 radical (unpaired) electrons. The van der Waals surface area contributed by atoms with Gasteiger partial charge in [0.25, 0.3) is 0 Å². The van der Waals surface area contributed by atoms with Crippen LogP contribution in [0.1, 0.15) is 39.2 Å². The van der Waals surface area contributed by atoms with Crippen molar-refractivity contribution in [3.05, 3.63) is 35.9 Å². The molecule has 6 nitrogen and oxygen atoms in total. The second kappa shape index (κ2) is 16.8. The largest absolute Gasteiger partial charge is 0.379 e. The highest BCUT2D eigenvalue weighted by atomic mass is 127. The molecule has 1 saturated heterocycles. The summed E-state index contributed by atoms with van der Waals surface area (Å²) in [6.45, 7) is 13.5. The zero-order chi connectivity index (χ0) is 20.7. The molecule has 1 aromatic rings. The molecule has 0 amide bonds. The number of nitrogens with zero attached hydrogens (tertiary/aromatic N) is 2. The van der Waals surface area contributed by atoms with E-state index in [4.69, 9.17) is 14.5 Å². The van der Waals surface area contributed by atoms with Gasteiger partial charge in [0.1, 0.15) is 0 Å². The van der Waals surface area contributed by atoms with Crippen molar-refractivity contribution in [1.29, 1.82) is 0 Å². The van der Waals surface area contributed by atoms with E-state index in [-0.39, 0.29) is 30.1 Å². The number of benzene rings is 1. The Labute approximate surface area is 200 Å². The van der Waals surface area contributed by atoms with Crippen molar-refractivity contribution in [3.8, 4) is 0 Å². The van der Waals surface area contributed by atoms with E-state index in [1.54, 1.807) is 0 Å². The van der Waals surface area contributed by atoms with Gasteiger partial charge in [-0.1, -0.05) is 44.2 Å². The molecule has 2 N–H and O–H groups in total. The van der Waals surface area contributed by atoms with Crippen LogP contribution >= 0.6 is 24.0 Å². The van der Waals surface area contributed by atoms with Gasteiger partial charge in [0, 0.05) is 32.3 Å². The van der Waals surface area contributed by atoms with Gasteiger partial charge in [-0.05, 0) is 44.8 Å². The standard InChI is InChI=1S/C23H40N4O2.HI/c1-4-24-23(25-14-10-15-29-22-13-16-28-19-22)26-18-21(27(5-2)6-3)17-20-11-8-7-9-12-20;/h7-9,11-12,21-22H,4-6,10,13-19H2,1-3H3,(H2,24,25,26);1H. The molecule has 0 aliphatic carbocycles. The first-order chi connectivity index (χ1) is 14.3. The first-order valence-electron chi connectivity index (χ1n) is 11.3. The number of halogens is 1. The van der Waals surface area contributed by atoms with E-state index < -0.39 is 0 Å². The lowest BCUT2D eigenvalue weighted by Crippen LogP contribution is -2.42. The van der Waals surface area contributed by atoms with E-state index in [2.05, 4.69) is 66.6 Å². The van der Waals surface area contributed by atoms with Gasteiger partial charge in [0.2, 0.25) is 0 Å². The number of hydrogen-bond acceptors (Lipinski definition) is 4. The minimum atomic E-state index is 0. The van der Waals surface area contributed by atoms with Crippen LogP contribution in [0.15, 0.2) is 35.3 Å². The zero-order valence-corrected chi connectivity index (χ0v) is 21.3. The van der Waals surface area contributed by atoms with Crippen LogP contribution in [-0.2, 0) is 15.9 Å². The van der Waals surface area contributed by atoms with Crippen LogP contribution in [0.4, 0.5) is 0 Å². The van der Waals surface area contributed by atoms with Gasteiger partial charge in [0.05, 0.1) is 19.3 Å². The molecule has 2 rings (SSSR count). The van der Waals surface area contributed by atoms with Gasteiger partial charge < -0.3 is 20.1 Å². The highest BCUT2D eigenvalue weighted by Gasteiger charge is 2.17. The van der Waals surface area contributed by atoms with Gasteiger partial charge in [-0.15, -0.1) is 24.0 Å². The predicted molar refractivity (Wildman–Crippen MR) is 136 cm³/mol. The Morgan fingerprint density at radius 3 is 2.60 bits per heavy atom. The summed E-state index contributed by atoms with van der Waals surface area (Å²) < 4.78 is 11.2. The van der Waals surface area contributed by atoms with E-state index in [9.17, 15) is 0 Å². The maximum Gasteiger partial charge on any atom is 0.191 e. The fourth-order valence-corrected chi connectivity index (χ4v) is 3.65. The minimum Gasteiger partial charge on any atom is -0.379 e. The second-order valence-electron chi connectivity index (χ2n) is 7.42. The average Bonchev–Trinajstić information content (AvgIpc) is 3.26. The third kappa shape index (κ3) is 10.4. The quantitative estimate of drug-likeness (QED) is 0.177. The number of hydrogen-bond donors (Lipinski definition) is 2. The summed E-state index contributed by atoms with van der Waals surface area (Å²) in [6.07, 6.45) is 3.28. The summed E-state index contributed by atoms with van der Waals surface area (Å²) in [5, 5.41) is 6.82. The predicted octanol–water partition coefficient (Wildman–Crippen LogP) is 3.31. The van der Waals surface area contributed by atoms with Gasteiger partial charge in [-0.3, -0.25) is 9.89 Å². The molecule has 1 heterocycles. The van der Waals surface area contributed by atoms with Crippen LogP contribution in [0, 0.1) is 0 Å². The van der Waals surface area contributed by atoms with Gasteiger partial charge >= 0.3 is 0 Å². The third-order valence-corrected chi connectivity index (χ3v) is 5.30. The Bertz CT molecular complexity index is 564. The Morgan fingerprint density at radius 2 is 1.97 bits per heavy atom. The molecule has 1 aliphatic heterocycles. The lowest BCUT2D eigenvalue weighted by atomic mass is 10.0. The molecule has 1 fully saturated rings. The third-order valence-electron chi connectivity index (χ3n) is 5.30. The first kappa shape index (κ1) is 27.1. The van der Waals surface area contributed by atoms with Gasteiger partial charge in [-0.2, -0.15) is 0 Å². The Kier molecular flexibility index (Phi) is 15.2. The molecule has 30 heavy (non-hydrogen) atoms. The summed E-state index contributed by atoms with van der Waals surface area (Å²) in [6, 6.07) is 11.1. The topological polar surface area (TPSA) is 58.1 Å². The number of likely N-dealkylation sites (N-methyl/N-ethyl adjacent to an activating group) is 1.